The van der Waals surface area contributed by atoms with Crippen molar-refractivity contribution >= 4 is 18.0 Å². The molecule has 14 nitrogen and oxygen atoms in total. The maximum Gasteiger partial charge on any atom is 0.173 e. The molecule has 14 heteroatoms. The maximum atomic E-state index is 11.1. The largest absolute Gasteiger partial charge is 0.507 e. The fourth-order valence-electron chi connectivity index (χ4n) is 4.08. The molecule has 0 fully saturated rings. The van der Waals surface area contributed by atoms with Crippen LogP contribution in [0.3, 0.4) is 0 Å². The van der Waals surface area contributed by atoms with Gasteiger partial charge in [0.25, 0.3) is 0 Å². The van der Waals surface area contributed by atoms with Crippen LogP contribution in [0.4, 0.5) is 0 Å². The Hall–Kier alpha value is -5.50. The molecule has 0 atom stereocenters. The van der Waals surface area contributed by atoms with E-state index < -0.39 is 0 Å². The van der Waals surface area contributed by atoms with E-state index >= 15 is 0 Å². The predicted molar refractivity (Wildman–Crippen MR) is 148 cm³/mol. The van der Waals surface area contributed by atoms with Gasteiger partial charge in [0.2, 0.25) is 0 Å². The van der Waals surface area contributed by atoms with E-state index in [9.17, 15) is 15.3 Å². The second kappa shape index (κ2) is 12.1. The number of phenols is 2. The lowest BCUT2D eigenvalue weighted by Gasteiger charge is -2.19. The van der Waals surface area contributed by atoms with Gasteiger partial charge in [-0.25, -0.2) is 0 Å². The van der Waals surface area contributed by atoms with Crippen molar-refractivity contribution < 1.29 is 20.1 Å². The molecule has 0 spiro atoms. The summed E-state index contributed by atoms with van der Waals surface area (Å²) in [6.45, 7) is 3.44. The normalized spacial score (nSPS) is 13.3. The molecule has 0 radical (unpaired) electrons. The highest BCUT2D eigenvalue weighted by molar-refractivity contribution is 5.93. The number of ether oxygens (including phenoxy) is 1. The molecule has 0 amide bonds. The maximum absolute atomic E-state index is 11.1. The van der Waals surface area contributed by atoms with E-state index in [-0.39, 0.29) is 24.7 Å². The Bertz CT molecular complexity index is 1610. The molecule has 41 heavy (non-hydrogen) atoms. The van der Waals surface area contributed by atoms with Crippen LogP contribution in [0.2, 0.25) is 0 Å². The van der Waals surface area contributed by atoms with Crippen LogP contribution in [0.1, 0.15) is 40.3 Å². The number of benzene rings is 2. The number of aromatic nitrogens is 8. The number of aliphatic hydroxyl groups excluding tert-OH is 1. The molecule has 2 aromatic heterocycles. The Morgan fingerprint density at radius 3 is 1.95 bits per heavy atom. The lowest BCUT2D eigenvalue weighted by atomic mass is 9.87. The Balaban J connectivity index is 1.64. The zero-order valence-electron chi connectivity index (χ0n) is 22.2. The number of aryl methyl sites for hydroxylation is 2. The molecule has 2 aromatic carbocycles. The van der Waals surface area contributed by atoms with Gasteiger partial charge in [-0.3, -0.25) is 0 Å². The third kappa shape index (κ3) is 6.23. The molecule has 1 aliphatic rings. The average molecular weight is 555 g/mol. The quantitative estimate of drug-likeness (QED) is 0.259. The molecule has 0 saturated carbocycles. The number of tetrazole rings is 2. The van der Waals surface area contributed by atoms with Crippen LogP contribution in [-0.2, 0) is 4.74 Å². The predicted octanol–water partition coefficient (Wildman–Crippen LogP) is 2.11. The molecule has 2 heterocycles. The average Bonchev–Trinajstić information content (AvgIpc) is 3.59. The van der Waals surface area contributed by atoms with Gasteiger partial charge in [0.05, 0.1) is 19.0 Å². The number of allylic oxidation sites excluding steroid dienone is 4. The number of hydrogen-bond donors (Lipinski definition) is 3. The number of nitrogens with zero attached hydrogens (tertiary/aromatic N) is 10. The Labute approximate surface area is 233 Å². The highest BCUT2D eigenvalue weighted by Gasteiger charge is 2.20. The second-order valence-electron chi connectivity index (χ2n) is 8.90. The summed E-state index contributed by atoms with van der Waals surface area (Å²) in [6, 6.07) is 10.0. The molecule has 1 aliphatic carbocycles. The molecule has 3 N–H and O–H groups in total. The molecule has 208 valence electrons. The molecule has 4 aromatic rings. The van der Waals surface area contributed by atoms with Crippen LogP contribution >= 0.6 is 0 Å². The Morgan fingerprint density at radius 2 is 1.46 bits per heavy atom. The first-order chi connectivity index (χ1) is 19.9. The van der Waals surface area contributed by atoms with E-state index in [1.165, 1.54) is 9.58 Å². The van der Waals surface area contributed by atoms with Gasteiger partial charge in [-0.05, 0) is 112 Å². The van der Waals surface area contributed by atoms with Crippen molar-refractivity contribution in [3.63, 3.8) is 0 Å². The minimum absolute atomic E-state index is 0.00758. The smallest absolute Gasteiger partial charge is 0.173 e. The van der Waals surface area contributed by atoms with Crippen LogP contribution in [0.5, 0.6) is 11.5 Å². The van der Waals surface area contributed by atoms with Crippen molar-refractivity contribution in [2.24, 2.45) is 10.2 Å². The summed E-state index contributed by atoms with van der Waals surface area (Å²) < 4.78 is 5.65. The fraction of sp³-hybridized carbons (Fsp3) is 0.185. The first kappa shape index (κ1) is 27.1. The third-order valence-corrected chi connectivity index (χ3v) is 6.04. The summed E-state index contributed by atoms with van der Waals surface area (Å²) in [5.74, 6) is 1.55. The van der Waals surface area contributed by atoms with Crippen LogP contribution in [0.25, 0.3) is 5.57 Å². The summed E-state index contributed by atoms with van der Waals surface area (Å²) in [5, 5.41) is 62.4. The van der Waals surface area contributed by atoms with E-state index in [2.05, 4.69) is 41.3 Å². The lowest BCUT2D eigenvalue weighted by molar-refractivity contribution is 0.151. The number of hydrogen-bond acceptors (Lipinski definition) is 12. The minimum atomic E-state index is -0.136. The van der Waals surface area contributed by atoms with Crippen molar-refractivity contribution in [1.82, 2.24) is 40.6 Å². The van der Waals surface area contributed by atoms with E-state index in [1.54, 1.807) is 62.7 Å². The van der Waals surface area contributed by atoms with Gasteiger partial charge >= 0.3 is 0 Å². The molecule has 0 aliphatic heterocycles. The molecule has 5 rings (SSSR count). The van der Waals surface area contributed by atoms with Gasteiger partial charge in [-0.1, -0.05) is 6.08 Å². The highest BCUT2D eigenvalue weighted by atomic mass is 16.5. The number of aromatic hydroxyl groups is 2. The van der Waals surface area contributed by atoms with Gasteiger partial charge < -0.3 is 20.1 Å². The van der Waals surface area contributed by atoms with Gasteiger partial charge in [-0.15, -0.1) is 19.8 Å². The number of aliphatic hydroxyl groups is 1. The highest BCUT2D eigenvalue weighted by Crippen LogP contribution is 2.40. The summed E-state index contributed by atoms with van der Waals surface area (Å²) in [5.41, 5.74) is 3.55. The van der Waals surface area contributed by atoms with E-state index in [0.29, 0.717) is 51.7 Å². The Morgan fingerprint density at radius 1 is 0.902 bits per heavy atom. The fourth-order valence-corrected chi connectivity index (χ4v) is 4.08. The summed E-state index contributed by atoms with van der Waals surface area (Å²) >= 11 is 0. The van der Waals surface area contributed by atoms with Gasteiger partial charge in [-0.2, -0.15) is 10.2 Å². The monoisotopic (exact) mass is 554 g/mol. The van der Waals surface area contributed by atoms with E-state index in [0.717, 1.165) is 5.57 Å². The van der Waals surface area contributed by atoms with Crippen LogP contribution in [-0.4, -0.2) is 81.6 Å². The number of phenolic OH excluding ortho intramolecular Hbond substituents is 2. The lowest BCUT2D eigenvalue weighted by Crippen LogP contribution is -2.03. The van der Waals surface area contributed by atoms with Crippen molar-refractivity contribution in [2.45, 2.75) is 20.3 Å². The molecule has 0 saturated heterocycles. The summed E-state index contributed by atoms with van der Waals surface area (Å²) in [4.78, 5) is 2.57. The Kier molecular flexibility index (Phi) is 8.01. The van der Waals surface area contributed by atoms with Gasteiger partial charge in [0.1, 0.15) is 23.9 Å². The molecule has 0 bridgehead atoms. The topological polar surface area (TPSA) is 182 Å². The minimum Gasteiger partial charge on any atom is -0.507 e. The zero-order chi connectivity index (χ0) is 28.8. The second-order valence-corrected chi connectivity index (χ2v) is 8.90. The number of rotatable bonds is 9. The third-order valence-electron chi connectivity index (χ3n) is 6.04. The van der Waals surface area contributed by atoms with Crippen molar-refractivity contribution in [3.05, 3.63) is 99.9 Å². The standard InChI is InChI=1S/C27H26N10O4/c1-17-30-32-34-36(17)28-15-19-6-8-25(39)23(12-19)27(21-4-3-5-22(14-21)41-11-10-38)24-13-20(7-9-26(24)40)16-29-37-18(2)31-33-35-37/h3,5-9,12-16,38-40H,4,10-11H2,1-2H3. The van der Waals surface area contributed by atoms with Gasteiger partial charge in [0.15, 0.2) is 11.6 Å². The SMILES string of the molecule is Cc1nnnn1N=Cc1ccc(O)c(C(=C2C=C(OCCO)C=CC2)c2cc(C=Nn3nnnc3C)ccc2O)c1. The van der Waals surface area contributed by atoms with Crippen LogP contribution in [0, 0.1) is 13.8 Å². The van der Waals surface area contributed by atoms with Gasteiger partial charge in [0, 0.05) is 11.1 Å². The molecular formula is C27H26N10O4. The first-order valence-electron chi connectivity index (χ1n) is 12.5. The molecular weight excluding hydrogens is 528 g/mol. The van der Waals surface area contributed by atoms with Crippen molar-refractivity contribution in [2.75, 3.05) is 13.2 Å². The zero-order valence-corrected chi connectivity index (χ0v) is 22.2. The van der Waals surface area contributed by atoms with E-state index in [1.807, 2.05) is 18.2 Å². The van der Waals surface area contributed by atoms with Crippen LogP contribution in [0.15, 0.2) is 76.2 Å². The summed E-state index contributed by atoms with van der Waals surface area (Å²) in [7, 11) is 0. The van der Waals surface area contributed by atoms with Crippen molar-refractivity contribution in [1.29, 1.82) is 0 Å². The van der Waals surface area contributed by atoms with Crippen molar-refractivity contribution in [3.8, 4) is 11.5 Å². The van der Waals surface area contributed by atoms with Crippen LogP contribution < -0.4 is 0 Å². The summed E-state index contributed by atoms with van der Waals surface area (Å²) in [6.07, 6.45) is 9.17. The van der Waals surface area contributed by atoms with E-state index in [4.69, 9.17) is 4.74 Å². The first-order valence-corrected chi connectivity index (χ1v) is 12.5. The molecule has 0 unspecified atom stereocenters.